The Morgan fingerprint density at radius 1 is 1.00 bits per heavy atom. The predicted octanol–water partition coefficient (Wildman–Crippen LogP) is 3.77. The third kappa shape index (κ3) is 3.23. The molecule has 2 aromatic carbocycles. The first-order valence-corrected chi connectivity index (χ1v) is 8.60. The second-order valence-corrected chi connectivity index (χ2v) is 6.51. The summed E-state index contributed by atoms with van der Waals surface area (Å²) in [6, 6.07) is 20.9. The molecule has 0 fully saturated rings. The zero-order valence-electron chi connectivity index (χ0n) is 13.9. The number of benzene rings is 2. The Kier molecular flexibility index (Phi) is 4.38. The summed E-state index contributed by atoms with van der Waals surface area (Å²) in [5.41, 5.74) is 3.05. The van der Waals surface area contributed by atoms with Gasteiger partial charge in [0.05, 0.1) is 12.1 Å². The fourth-order valence-corrected chi connectivity index (χ4v) is 3.69. The molecule has 4 heteroatoms. The molecule has 2 heterocycles. The van der Waals surface area contributed by atoms with Crippen LogP contribution in [0, 0.1) is 5.82 Å². The minimum Gasteiger partial charge on any atom is -0.387 e. The maximum Gasteiger partial charge on any atom is 0.123 e. The number of nitrogens with zero attached hydrogens (tertiary/aromatic N) is 2. The first-order valence-electron chi connectivity index (χ1n) is 8.60. The smallest absolute Gasteiger partial charge is 0.123 e. The molecule has 1 aliphatic rings. The molecule has 2 atom stereocenters. The first kappa shape index (κ1) is 16.1. The van der Waals surface area contributed by atoms with Gasteiger partial charge in [0.2, 0.25) is 0 Å². The quantitative estimate of drug-likeness (QED) is 0.786. The zero-order chi connectivity index (χ0) is 17.2. The number of hydrogen-bond donors (Lipinski definition) is 1. The Bertz CT molecular complexity index is 846. The molecule has 0 amide bonds. The van der Waals surface area contributed by atoms with Crippen LogP contribution in [-0.2, 0) is 6.54 Å². The standard InChI is InChI=1S/C21H21FN2O/c22-18-9-4-8-17(14-18)20(25)15-24-13-12-23-11-5-10-19(23)21(24)16-6-2-1-3-7-16/h1-11,14,20-21,25H,12-13,15H2/t20-,21+/m0/s1. The van der Waals surface area contributed by atoms with Crippen molar-refractivity contribution in [3.63, 3.8) is 0 Å². The third-order valence-corrected chi connectivity index (χ3v) is 4.89. The number of hydrogen-bond acceptors (Lipinski definition) is 2. The lowest BCUT2D eigenvalue weighted by atomic mass is 9.98. The van der Waals surface area contributed by atoms with Gasteiger partial charge in [-0.05, 0) is 35.4 Å². The summed E-state index contributed by atoms with van der Waals surface area (Å²) < 4.78 is 15.7. The molecule has 3 nitrogen and oxygen atoms in total. The summed E-state index contributed by atoms with van der Waals surface area (Å²) in [6.45, 7) is 2.20. The van der Waals surface area contributed by atoms with Crippen molar-refractivity contribution in [3.05, 3.63) is 95.6 Å². The van der Waals surface area contributed by atoms with E-state index in [2.05, 4.69) is 39.9 Å². The van der Waals surface area contributed by atoms with Gasteiger partial charge in [-0.25, -0.2) is 4.39 Å². The SMILES string of the molecule is O[C@@H](CN1CCn2cccc2[C@H]1c1ccccc1)c1cccc(F)c1. The van der Waals surface area contributed by atoms with E-state index in [-0.39, 0.29) is 11.9 Å². The van der Waals surface area contributed by atoms with Gasteiger partial charge in [0, 0.05) is 31.5 Å². The molecule has 0 aliphatic carbocycles. The van der Waals surface area contributed by atoms with Gasteiger partial charge in [0.1, 0.15) is 5.82 Å². The van der Waals surface area contributed by atoms with Gasteiger partial charge in [-0.15, -0.1) is 0 Å². The van der Waals surface area contributed by atoms with Crippen molar-refractivity contribution in [2.24, 2.45) is 0 Å². The summed E-state index contributed by atoms with van der Waals surface area (Å²) >= 11 is 0. The van der Waals surface area contributed by atoms with E-state index in [4.69, 9.17) is 0 Å². The van der Waals surface area contributed by atoms with Crippen LogP contribution in [0.3, 0.4) is 0 Å². The molecule has 0 saturated heterocycles. The summed E-state index contributed by atoms with van der Waals surface area (Å²) in [6.07, 6.45) is 1.38. The number of aliphatic hydroxyl groups is 1. The van der Waals surface area contributed by atoms with Crippen molar-refractivity contribution in [1.82, 2.24) is 9.47 Å². The molecule has 0 bridgehead atoms. The third-order valence-electron chi connectivity index (χ3n) is 4.89. The summed E-state index contributed by atoms with van der Waals surface area (Å²) in [7, 11) is 0. The highest BCUT2D eigenvalue weighted by atomic mass is 19.1. The Hall–Kier alpha value is -2.43. The normalized spacial score (nSPS) is 18.7. The van der Waals surface area contributed by atoms with Crippen LogP contribution in [0.4, 0.5) is 4.39 Å². The monoisotopic (exact) mass is 336 g/mol. The molecule has 0 unspecified atom stereocenters. The molecule has 0 saturated carbocycles. The number of halogens is 1. The number of fused-ring (bicyclic) bond motifs is 1. The van der Waals surface area contributed by atoms with Crippen LogP contribution in [0.2, 0.25) is 0 Å². The summed E-state index contributed by atoms with van der Waals surface area (Å²) in [5.74, 6) is -0.316. The Balaban J connectivity index is 1.64. The Labute approximate surface area is 147 Å². The zero-order valence-corrected chi connectivity index (χ0v) is 13.9. The molecular formula is C21H21FN2O. The number of β-amino-alcohol motifs (C(OH)–C–C–N with tert-alkyl or cyclic N) is 1. The molecular weight excluding hydrogens is 315 g/mol. The van der Waals surface area contributed by atoms with E-state index in [1.54, 1.807) is 12.1 Å². The largest absolute Gasteiger partial charge is 0.387 e. The second kappa shape index (κ2) is 6.82. The molecule has 1 aromatic heterocycles. The van der Waals surface area contributed by atoms with E-state index in [0.29, 0.717) is 12.1 Å². The van der Waals surface area contributed by atoms with Crippen LogP contribution in [0.25, 0.3) is 0 Å². The lowest BCUT2D eigenvalue weighted by molar-refractivity contribution is 0.0821. The van der Waals surface area contributed by atoms with Crippen LogP contribution in [0.5, 0.6) is 0 Å². The molecule has 0 spiro atoms. The molecule has 1 N–H and O–H groups in total. The van der Waals surface area contributed by atoms with Gasteiger partial charge in [-0.2, -0.15) is 0 Å². The van der Waals surface area contributed by atoms with Gasteiger partial charge in [-0.3, -0.25) is 4.90 Å². The lowest BCUT2D eigenvalue weighted by Gasteiger charge is -2.38. The van der Waals surface area contributed by atoms with Gasteiger partial charge < -0.3 is 9.67 Å². The molecule has 4 rings (SSSR count). The minimum absolute atomic E-state index is 0.0909. The van der Waals surface area contributed by atoms with E-state index in [1.165, 1.54) is 23.4 Å². The van der Waals surface area contributed by atoms with Gasteiger partial charge in [0.15, 0.2) is 0 Å². The van der Waals surface area contributed by atoms with E-state index in [9.17, 15) is 9.50 Å². The second-order valence-electron chi connectivity index (χ2n) is 6.51. The van der Waals surface area contributed by atoms with E-state index in [1.807, 2.05) is 18.2 Å². The Morgan fingerprint density at radius 2 is 1.84 bits per heavy atom. The highest BCUT2D eigenvalue weighted by Crippen LogP contribution is 2.33. The molecule has 3 aromatic rings. The van der Waals surface area contributed by atoms with Crippen molar-refractivity contribution in [2.75, 3.05) is 13.1 Å². The van der Waals surface area contributed by atoms with Gasteiger partial charge >= 0.3 is 0 Å². The Morgan fingerprint density at radius 3 is 2.64 bits per heavy atom. The molecule has 25 heavy (non-hydrogen) atoms. The minimum atomic E-state index is -0.719. The lowest BCUT2D eigenvalue weighted by Crippen LogP contribution is -2.40. The highest BCUT2D eigenvalue weighted by Gasteiger charge is 2.30. The van der Waals surface area contributed by atoms with Gasteiger partial charge in [0.25, 0.3) is 0 Å². The van der Waals surface area contributed by atoms with Crippen LogP contribution in [-0.4, -0.2) is 27.7 Å². The maximum atomic E-state index is 13.5. The van der Waals surface area contributed by atoms with Crippen molar-refractivity contribution in [1.29, 1.82) is 0 Å². The van der Waals surface area contributed by atoms with Gasteiger partial charge in [-0.1, -0.05) is 42.5 Å². The van der Waals surface area contributed by atoms with Crippen LogP contribution < -0.4 is 0 Å². The molecule has 1 aliphatic heterocycles. The fraction of sp³-hybridized carbons (Fsp3) is 0.238. The van der Waals surface area contributed by atoms with E-state index < -0.39 is 6.10 Å². The van der Waals surface area contributed by atoms with Crippen molar-refractivity contribution in [2.45, 2.75) is 18.7 Å². The van der Waals surface area contributed by atoms with Crippen LogP contribution in [0.1, 0.15) is 29.0 Å². The first-order chi connectivity index (χ1) is 12.2. The van der Waals surface area contributed by atoms with Crippen molar-refractivity contribution < 1.29 is 9.50 Å². The van der Waals surface area contributed by atoms with E-state index in [0.717, 1.165) is 13.1 Å². The van der Waals surface area contributed by atoms with E-state index >= 15 is 0 Å². The topological polar surface area (TPSA) is 28.4 Å². The predicted molar refractivity (Wildman–Crippen MR) is 95.6 cm³/mol. The summed E-state index contributed by atoms with van der Waals surface area (Å²) in [5, 5.41) is 10.6. The summed E-state index contributed by atoms with van der Waals surface area (Å²) in [4.78, 5) is 2.28. The number of aliphatic hydroxyl groups excluding tert-OH is 1. The molecule has 128 valence electrons. The van der Waals surface area contributed by atoms with Crippen molar-refractivity contribution in [3.8, 4) is 0 Å². The van der Waals surface area contributed by atoms with Crippen LogP contribution in [0.15, 0.2) is 72.9 Å². The highest BCUT2D eigenvalue weighted by molar-refractivity contribution is 5.30. The number of aromatic nitrogens is 1. The number of rotatable bonds is 4. The maximum absolute atomic E-state index is 13.5. The van der Waals surface area contributed by atoms with Crippen LogP contribution >= 0.6 is 0 Å². The van der Waals surface area contributed by atoms with Crippen molar-refractivity contribution >= 4 is 0 Å². The average molecular weight is 336 g/mol. The fourth-order valence-electron chi connectivity index (χ4n) is 3.69. The molecule has 0 radical (unpaired) electrons. The average Bonchev–Trinajstić information content (AvgIpc) is 3.11.